The van der Waals surface area contributed by atoms with Gasteiger partial charge in [-0.05, 0) is 70.2 Å². The first-order valence-electron chi connectivity index (χ1n) is 11.0. The van der Waals surface area contributed by atoms with E-state index in [0.717, 1.165) is 31.8 Å². The van der Waals surface area contributed by atoms with Gasteiger partial charge in [0.05, 0.1) is 7.11 Å². The van der Waals surface area contributed by atoms with Crippen molar-refractivity contribution in [2.45, 2.75) is 77.5 Å². The Bertz CT molecular complexity index is 674. The van der Waals surface area contributed by atoms with Gasteiger partial charge in [0.15, 0.2) is 0 Å². The Labute approximate surface area is 176 Å². The van der Waals surface area contributed by atoms with Gasteiger partial charge in [0.2, 0.25) is 0 Å². The fraction of sp³-hybridized carbons (Fsp3) is 0.708. The number of hydrogen-bond acceptors (Lipinski definition) is 4. The van der Waals surface area contributed by atoms with Crippen molar-refractivity contribution in [2.75, 3.05) is 27.2 Å². The van der Waals surface area contributed by atoms with Crippen molar-refractivity contribution < 1.29 is 14.3 Å². The molecule has 0 aromatic heterocycles. The SMILES string of the molecule is COc1ccc(CN(C)C2CN(C(=O)OC(C)(C)C)CCC23CCCCC3)cc1. The standard InChI is InChI=1S/C24H38N2O3/c1-23(2,3)29-22(27)26-16-15-24(13-7-6-8-14-24)21(18-26)25(4)17-19-9-11-20(28-5)12-10-19/h9-12,21H,6-8,13-18H2,1-5H3. The maximum atomic E-state index is 12.8. The molecular formula is C24H38N2O3. The van der Waals surface area contributed by atoms with Gasteiger partial charge in [-0.25, -0.2) is 4.79 Å². The summed E-state index contributed by atoms with van der Waals surface area (Å²) in [5, 5.41) is 0. The molecule has 1 aromatic carbocycles. The maximum Gasteiger partial charge on any atom is 0.410 e. The van der Waals surface area contributed by atoms with E-state index in [-0.39, 0.29) is 6.09 Å². The zero-order chi connectivity index (χ0) is 21.1. The topological polar surface area (TPSA) is 42.0 Å². The van der Waals surface area contributed by atoms with E-state index < -0.39 is 5.60 Å². The Kier molecular flexibility index (Phi) is 6.77. The lowest BCUT2D eigenvalue weighted by molar-refractivity contribution is -0.0408. The van der Waals surface area contributed by atoms with Crippen molar-refractivity contribution in [1.82, 2.24) is 9.80 Å². The molecule has 1 aromatic rings. The molecule has 5 heteroatoms. The van der Waals surface area contributed by atoms with Crippen LogP contribution < -0.4 is 4.74 Å². The second kappa shape index (κ2) is 8.95. The van der Waals surface area contributed by atoms with Crippen LogP contribution in [0.15, 0.2) is 24.3 Å². The van der Waals surface area contributed by atoms with E-state index in [2.05, 4.69) is 24.1 Å². The lowest BCUT2D eigenvalue weighted by atomic mass is 9.64. The average molecular weight is 403 g/mol. The first-order valence-corrected chi connectivity index (χ1v) is 11.0. The minimum Gasteiger partial charge on any atom is -0.497 e. The Balaban J connectivity index is 1.75. The third-order valence-electron chi connectivity index (χ3n) is 6.60. The lowest BCUT2D eigenvalue weighted by Crippen LogP contribution is -2.59. The summed E-state index contributed by atoms with van der Waals surface area (Å²) in [4.78, 5) is 17.1. The molecule has 29 heavy (non-hydrogen) atoms. The number of carbonyl (C=O) groups excluding carboxylic acids is 1. The molecule has 1 saturated heterocycles. The number of carbonyl (C=O) groups is 1. The highest BCUT2D eigenvalue weighted by Crippen LogP contribution is 2.46. The molecule has 0 radical (unpaired) electrons. The van der Waals surface area contributed by atoms with Gasteiger partial charge in [-0.1, -0.05) is 31.4 Å². The van der Waals surface area contributed by atoms with Crippen molar-refractivity contribution in [3.05, 3.63) is 29.8 Å². The summed E-state index contributed by atoms with van der Waals surface area (Å²) in [5.41, 5.74) is 1.13. The summed E-state index contributed by atoms with van der Waals surface area (Å²) in [6.45, 7) is 8.24. The third-order valence-corrected chi connectivity index (χ3v) is 6.60. The molecular weight excluding hydrogens is 364 g/mol. The van der Waals surface area contributed by atoms with Gasteiger partial charge in [-0.15, -0.1) is 0 Å². The number of likely N-dealkylation sites (N-methyl/N-ethyl adjacent to an activating group) is 1. The van der Waals surface area contributed by atoms with E-state index in [0.29, 0.717) is 11.5 Å². The second-order valence-corrected chi connectivity index (χ2v) is 9.88. The van der Waals surface area contributed by atoms with Gasteiger partial charge < -0.3 is 14.4 Å². The number of benzene rings is 1. The number of hydrogen-bond donors (Lipinski definition) is 0. The van der Waals surface area contributed by atoms with Crippen molar-refractivity contribution >= 4 is 6.09 Å². The molecule has 0 bridgehead atoms. The van der Waals surface area contributed by atoms with Crippen molar-refractivity contribution in [1.29, 1.82) is 0 Å². The number of likely N-dealkylation sites (tertiary alicyclic amines) is 1. The highest BCUT2D eigenvalue weighted by atomic mass is 16.6. The largest absolute Gasteiger partial charge is 0.497 e. The minimum atomic E-state index is -0.457. The highest BCUT2D eigenvalue weighted by molar-refractivity contribution is 5.68. The molecule has 1 spiro atoms. The van der Waals surface area contributed by atoms with Crippen LogP contribution in [-0.4, -0.2) is 54.8 Å². The third kappa shape index (κ3) is 5.44. The number of rotatable bonds is 4. The van der Waals surface area contributed by atoms with Gasteiger partial charge in [0.25, 0.3) is 0 Å². The molecule has 0 N–H and O–H groups in total. The van der Waals surface area contributed by atoms with Gasteiger partial charge in [0.1, 0.15) is 11.4 Å². The van der Waals surface area contributed by atoms with Crippen molar-refractivity contribution in [3.8, 4) is 5.75 Å². The Hall–Kier alpha value is -1.75. The Morgan fingerprint density at radius 3 is 2.38 bits per heavy atom. The first-order chi connectivity index (χ1) is 13.7. The fourth-order valence-corrected chi connectivity index (χ4v) is 5.09. The quantitative estimate of drug-likeness (QED) is 0.704. The predicted octanol–water partition coefficient (Wildman–Crippen LogP) is 5.09. The van der Waals surface area contributed by atoms with Gasteiger partial charge in [-0.3, -0.25) is 4.90 Å². The molecule has 1 atom stereocenters. The minimum absolute atomic E-state index is 0.175. The summed E-state index contributed by atoms with van der Waals surface area (Å²) in [6, 6.07) is 8.67. The van der Waals surface area contributed by atoms with Crippen molar-refractivity contribution in [3.63, 3.8) is 0 Å². The molecule has 1 saturated carbocycles. The normalized spacial score (nSPS) is 22.0. The van der Waals surface area contributed by atoms with E-state index in [9.17, 15) is 4.79 Å². The summed E-state index contributed by atoms with van der Waals surface area (Å²) in [5.74, 6) is 0.883. The molecule has 1 unspecified atom stereocenters. The van der Waals surface area contributed by atoms with Crippen LogP contribution in [0, 0.1) is 5.41 Å². The Morgan fingerprint density at radius 2 is 1.79 bits per heavy atom. The average Bonchev–Trinajstić information content (AvgIpc) is 2.68. The summed E-state index contributed by atoms with van der Waals surface area (Å²) >= 11 is 0. The summed E-state index contributed by atoms with van der Waals surface area (Å²) < 4.78 is 11.0. The van der Waals surface area contributed by atoms with Crippen LogP contribution in [0.25, 0.3) is 0 Å². The van der Waals surface area contributed by atoms with E-state index in [1.165, 1.54) is 37.7 Å². The van der Waals surface area contributed by atoms with Crippen LogP contribution in [0.1, 0.15) is 64.9 Å². The first kappa shape index (κ1) is 21.9. The van der Waals surface area contributed by atoms with Gasteiger partial charge in [-0.2, -0.15) is 0 Å². The van der Waals surface area contributed by atoms with Crippen molar-refractivity contribution in [2.24, 2.45) is 5.41 Å². The van der Waals surface area contributed by atoms with E-state index in [4.69, 9.17) is 9.47 Å². The molecule has 1 amide bonds. The smallest absolute Gasteiger partial charge is 0.410 e. The molecule has 1 aliphatic carbocycles. The van der Waals surface area contributed by atoms with Crippen LogP contribution in [-0.2, 0) is 11.3 Å². The zero-order valence-corrected chi connectivity index (χ0v) is 18.9. The fourth-order valence-electron chi connectivity index (χ4n) is 5.09. The van der Waals surface area contributed by atoms with Gasteiger partial charge >= 0.3 is 6.09 Å². The number of piperidine rings is 1. The monoisotopic (exact) mass is 402 g/mol. The molecule has 1 heterocycles. The predicted molar refractivity (Wildman–Crippen MR) is 116 cm³/mol. The highest BCUT2D eigenvalue weighted by Gasteiger charge is 2.46. The number of ether oxygens (including phenoxy) is 2. The number of nitrogens with zero attached hydrogens (tertiary/aromatic N) is 2. The summed E-state index contributed by atoms with van der Waals surface area (Å²) in [7, 11) is 3.91. The molecule has 5 nitrogen and oxygen atoms in total. The van der Waals surface area contributed by atoms with E-state index >= 15 is 0 Å². The maximum absolute atomic E-state index is 12.8. The summed E-state index contributed by atoms with van der Waals surface area (Å²) in [6.07, 6.45) is 7.39. The van der Waals surface area contributed by atoms with Crippen LogP contribution in [0.4, 0.5) is 4.79 Å². The van der Waals surface area contributed by atoms with Crippen LogP contribution in [0.2, 0.25) is 0 Å². The van der Waals surface area contributed by atoms with E-state index in [1.807, 2.05) is 37.8 Å². The number of methoxy groups -OCH3 is 1. The zero-order valence-electron chi connectivity index (χ0n) is 18.9. The van der Waals surface area contributed by atoms with Gasteiger partial charge in [0, 0.05) is 25.7 Å². The Morgan fingerprint density at radius 1 is 1.14 bits per heavy atom. The molecule has 162 valence electrons. The van der Waals surface area contributed by atoms with E-state index in [1.54, 1.807) is 7.11 Å². The molecule has 2 fully saturated rings. The molecule has 2 aliphatic rings. The van der Waals surface area contributed by atoms with Crippen LogP contribution in [0.5, 0.6) is 5.75 Å². The molecule has 1 aliphatic heterocycles. The van der Waals surface area contributed by atoms with Crippen LogP contribution >= 0.6 is 0 Å². The second-order valence-electron chi connectivity index (χ2n) is 9.88. The lowest BCUT2D eigenvalue weighted by Gasteiger charge is -2.53. The molecule has 3 rings (SSSR count). The number of amides is 1. The van der Waals surface area contributed by atoms with Crippen LogP contribution in [0.3, 0.4) is 0 Å².